The summed E-state index contributed by atoms with van der Waals surface area (Å²) in [6.45, 7) is 12.7. The molecule has 2 aromatic rings. The zero-order chi connectivity index (χ0) is 22.5. The first-order valence-corrected chi connectivity index (χ1v) is 11.1. The van der Waals surface area contributed by atoms with Gasteiger partial charge in [0.05, 0.1) is 29.0 Å². The lowest BCUT2D eigenvalue weighted by molar-refractivity contribution is -0.122. The van der Waals surface area contributed by atoms with E-state index in [1.807, 2.05) is 32.4 Å². The smallest absolute Gasteiger partial charge is 0.410 e. The van der Waals surface area contributed by atoms with Gasteiger partial charge in [-0.25, -0.2) is 9.48 Å². The van der Waals surface area contributed by atoms with Crippen LogP contribution in [0.4, 0.5) is 4.79 Å². The molecular formula is C24H32N4O3. The van der Waals surface area contributed by atoms with Crippen molar-refractivity contribution >= 4 is 12.0 Å². The average molecular weight is 425 g/mol. The largest absolute Gasteiger partial charge is 0.444 e. The van der Waals surface area contributed by atoms with Gasteiger partial charge < -0.3 is 10.1 Å². The molecule has 0 saturated heterocycles. The summed E-state index contributed by atoms with van der Waals surface area (Å²) in [7, 11) is 0. The van der Waals surface area contributed by atoms with Crippen molar-refractivity contribution in [2.24, 2.45) is 0 Å². The summed E-state index contributed by atoms with van der Waals surface area (Å²) in [5.41, 5.74) is 4.47. The van der Waals surface area contributed by atoms with E-state index in [-0.39, 0.29) is 24.0 Å². The second kappa shape index (κ2) is 7.70. The summed E-state index contributed by atoms with van der Waals surface area (Å²) in [5.74, 6) is 0.00639. The van der Waals surface area contributed by atoms with Crippen molar-refractivity contribution in [1.82, 2.24) is 20.0 Å². The van der Waals surface area contributed by atoms with Crippen LogP contribution in [0.5, 0.6) is 0 Å². The van der Waals surface area contributed by atoms with Crippen LogP contribution in [-0.4, -0.2) is 45.4 Å². The lowest BCUT2D eigenvalue weighted by Crippen LogP contribution is -2.46. The van der Waals surface area contributed by atoms with Gasteiger partial charge in [-0.1, -0.05) is 26.0 Å². The standard InChI is InChI=1S/C24H32N4O3/c1-14(2)16-7-9-17(10-8-16)28-18-11-12-27(23(30)31-24(4,5)6)19-13-25-22(29)15(3)21(26-28)20(18)19/h7-10,14-15,19H,11-13H2,1-6H3,(H,25,29). The van der Waals surface area contributed by atoms with Crippen molar-refractivity contribution in [3.63, 3.8) is 0 Å². The molecule has 0 aliphatic carbocycles. The fourth-order valence-electron chi connectivity index (χ4n) is 4.39. The lowest BCUT2D eigenvalue weighted by Gasteiger charge is -2.36. The molecule has 4 rings (SSSR count). The van der Waals surface area contributed by atoms with Crippen molar-refractivity contribution in [2.45, 2.75) is 71.4 Å². The molecular weight excluding hydrogens is 392 g/mol. The third-order valence-corrected chi connectivity index (χ3v) is 6.05. The first-order valence-electron chi connectivity index (χ1n) is 11.1. The molecule has 1 aromatic heterocycles. The minimum Gasteiger partial charge on any atom is -0.444 e. The van der Waals surface area contributed by atoms with E-state index in [2.05, 4.69) is 43.4 Å². The van der Waals surface area contributed by atoms with Crippen LogP contribution in [0.3, 0.4) is 0 Å². The average Bonchev–Trinajstić information content (AvgIpc) is 3.04. The van der Waals surface area contributed by atoms with E-state index in [0.717, 1.165) is 22.6 Å². The summed E-state index contributed by atoms with van der Waals surface area (Å²) >= 11 is 0. The van der Waals surface area contributed by atoms with Crippen LogP contribution in [-0.2, 0) is 16.0 Å². The molecule has 0 radical (unpaired) electrons. The Morgan fingerprint density at radius 1 is 1.23 bits per heavy atom. The number of amides is 2. The lowest BCUT2D eigenvalue weighted by atomic mass is 9.93. The molecule has 7 nitrogen and oxygen atoms in total. The summed E-state index contributed by atoms with van der Waals surface area (Å²) in [4.78, 5) is 27.3. The van der Waals surface area contributed by atoms with Crippen LogP contribution in [0.25, 0.3) is 5.69 Å². The highest BCUT2D eigenvalue weighted by molar-refractivity contribution is 5.84. The SMILES string of the molecule is CC(C)c1ccc(-n2nc3c4c2CCN(C(=O)OC(C)(C)C)C4CNC(=O)C3C)cc1. The third-order valence-electron chi connectivity index (χ3n) is 6.05. The Morgan fingerprint density at radius 3 is 2.52 bits per heavy atom. The molecule has 0 fully saturated rings. The second-order valence-corrected chi connectivity index (χ2v) is 9.81. The van der Waals surface area contributed by atoms with E-state index in [0.29, 0.717) is 25.4 Å². The van der Waals surface area contributed by atoms with Crippen LogP contribution in [0.1, 0.15) is 81.9 Å². The molecule has 2 amide bonds. The minimum absolute atomic E-state index is 0.0684. The maximum Gasteiger partial charge on any atom is 0.410 e. The highest BCUT2D eigenvalue weighted by Gasteiger charge is 2.42. The van der Waals surface area contributed by atoms with Crippen LogP contribution in [0.15, 0.2) is 24.3 Å². The fourth-order valence-corrected chi connectivity index (χ4v) is 4.39. The molecule has 2 aliphatic rings. The molecule has 2 aliphatic heterocycles. The van der Waals surface area contributed by atoms with Gasteiger partial charge in [0.25, 0.3) is 0 Å². The van der Waals surface area contributed by atoms with Gasteiger partial charge in [0.2, 0.25) is 5.91 Å². The van der Waals surface area contributed by atoms with Gasteiger partial charge in [0.15, 0.2) is 0 Å². The van der Waals surface area contributed by atoms with Gasteiger partial charge in [0, 0.05) is 25.1 Å². The number of hydrogen-bond acceptors (Lipinski definition) is 4. The Balaban J connectivity index is 1.78. The van der Waals surface area contributed by atoms with Gasteiger partial charge in [-0.05, 0) is 51.3 Å². The molecule has 7 heteroatoms. The quantitative estimate of drug-likeness (QED) is 0.789. The zero-order valence-corrected chi connectivity index (χ0v) is 19.2. The normalized spacial score (nSPS) is 20.9. The number of aromatic nitrogens is 2. The Kier molecular flexibility index (Phi) is 5.31. The predicted molar refractivity (Wildman–Crippen MR) is 118 cm³/mol. The summed E-state index contributed by atoms with van der Waals surface area (Å²) in [6, 6.07) is 8.13. The van der Waals surface area contributed by atoms with E-state index in [1.54, 1.807) is 4.90 Å². The van der Waals surface area contributed by atoms with Crippen LogP contribution >= 0.6 is 0 Å². The van der Waals surface area contributed by atoms with E-state index in [4.69, 9.17) is 9.84 Å². The van der Waals surface area contributed by atoms with Crippen molar-refractivity contribution in [2.75, 3.05) is 13.1 Å². The maximum atomic E-state index is 12.9. The molecule has 0 bridgehead atoms. The Bertz CT molecular complexity index is 1000. The molecule has 3 heterocycles. The molecule has 166 valence electrons. The highest BCUT2D eigenvalue weighted by atomic mass is 16.6. The predicted octanol–water partition coefficient (Wildman–Crippen LogP) is 4.06. The van der Waals surface area contributed by atoms with Crippen LogP contribution in [0.2, 0.25) is 0 Å². The molecule has 1 N–H and O–H groups in total. The van der Waals surface area contributed by atoms with E-state index < -0.39 is 5.60 Å². The minimum atomic E-state index is -0.580. The first-order chi connectivity index (χ1) is 14.6. The maximum absolute atomic E-state index is 12.9. The number of carbonyl (C=O) groups excluding carboxylic acids is 2. The van der Waals surface area contributed by atoms with Crippen LogP contribution in [0, 0.1) is 0 Å². The summed E-state index contributed by atoms with van der Waals surface area (Å²) in [6.07, 6.45) is 0.303. The van der Waals surface area contributed by atoms with Gasteiger partial charge in [0.1, 0.15) is 5.60 Å². The van der Waals surface area contributed by atoms with Crippen molar-refractivity contribution in [3.8, 4) is 5.69 Å². The monoisotopic (exact) mass is 424 g/mol. The number of ether oxygens (including phenoxy) is 1. The molecule has 0 saturated carbocycles. The third kappa shape index (κ3) is 3.93. The molecule has 2 atom stereocenters. The van der Waals surface area contributed by atoms with Crippen LogP contribution < -0.4 is 5.32 Å². The summed E-state index contributed by atoms with van der Waals surface area (Å²) < 4.78 is 7.62. The van der Waals surface area contributed by atoms with Gasteiger partial charge >= 0.3 is 6.09 Å². The number of hydrogen-bond donors (Lipinski definition) is 1. The van der Waals surface area contributed by atoms with Gasteiger partial charge in [-0.3, -0.25) is 9.69 Å². The molecule has 31 heavy (non-hydrogen) atoms. The Hall–Kier alpha value is -2.83. The Morgan fingerprint density at radius 2 is 1.90 bits per heavy atom. The molecule has 2 unspecified atom stereocenters. The van der Waals surface area contributed by atoms with E-state index in [1.165, 1.54) is 5.56 Å². The highest BCUT2D eigenvalue weighted by Crippen LogP contribution is 2.39. The van der Waals surface area contributed by atoms with E-state index >= 15 is 0 Å². The van der Waals surface area contributed by atoms with Gasteiger partial charge in [-0.15, -0.1) is 0 Å². The number of nitrogens with zero attached hydrogens (tertiary/aromatic N) is 3. The Labute approximate surface area is 183 Å². The second-order valence-electron chi connectivity index (χ2n) is 9.81. The fraction of sp³-hybridized carbons (Fsp3) is 0.542. The summed E-state index contributed by atoms with van der Waals surface area (Å²) in [5, 5.41) is 7.87. The topological polar surface area (TPSA) is 76.5 Å². The molecule has 0 spiro atoms. The number of rotatable bonds is 2. The number of carbonyl (C=O) groups is 2. The van der Waals surface area contributed by atoms with E-state index in [9.17, 15) is 9.59 Å². The first kappa shape index (κ1) is 21.4. The number of benzene rings is 1. The van der Waals surface area contributed by atoms with Crippen molar-refractivity contribution < 1.29 is 14.3 Å². The molecule has 1 aromatic carbocycles. The zero-order valence-electron chi connectivity index (χ0n) is 19.2. The van der Waals surface area contributed by atoms with Crippen molar-refractivity contribution in [1.29, 1.82) is 0 Å². The number of nitrogens with one attached hydrogen (secondary N) is 1. The van der Waals surface area contributed by atoms with Crippen molar-refractivity contribution in [3.05, 3.63) is 46.8 Å². The van der Waals surface area contributed by atoms with Gasteiger partial charge in [-0.2, -0.15) is 5.10 Å².